The van der Waals surface area contributed by atoms with E-state index < -0.39 is 23.8 Å². The van der Waals surface area contributed by atoms with Crippen LogP contribution in [0.25, 0.3) is 0 Å². The monoisotopic (exact) mass is 263 g/mol. The summed E-state index contributed by atoms with van der Waals surface area (Å²) in [5.41, 5.74) is -0.162. The van der Waals surface area contributed by atoms with E-state index in [-0.39, 0.29) is 23.7 Å². The molecular weight excluding hydrogens is 250 g/mol. The average Bonchev–Trinajstić information content (AvgIpc) is 2.60. The zero-order valence-electron chi connectivity index (χ0n) is 10.5. The number of hydrogen-bond acceptors (Lipinski definition) is 5. The predicted octanol–water partition coefficient (Wildman–Crippen LogP) is 0.572. The fraction of sp³-hybridized carbons (Fsp3) is 0.417. The van der Waals surface area contributed by atoms with Crippen molar-refractivity contribution in [3.05, 3.63) is 23.8 Å². The van der Waals surface area contributed by atoms with Crippen molar-refractivity contribution in [2.24, 2.45) is 5.92 Å². The van der Waals surface area contributed by atoms with Crippen LogP contribution in [0.5, 0.6) is 0 Å². The Morgan fingerprint density at radius 3 is 2.05 bits per heavy atom. The van der Waals surface area contributed by atoms with Gasteiger partial charge in [-0.3, -0.25) is 14.5 Å². The maximum Gasteiger partial charge on any atom is 0.326 e. The van der Waals surface area contributed by atoms with E-state index in [1.165, 1.54) is 12.4 Å². The van der Waals surface area contributed by atoms with E-state index in [0.717, 1.165) is 4.90 Å². The summed E-state index contributed by atoms with van der Waals surface area (Å²) in [6.45, 7) is 3.65. The van der Waals surface area contributed by atoms with Gasteiger partial charge in [-0.05, 0) is 12.3 Å². The Hall–Kier alpha value is -2.31. The van der Waals surface area contributed by atoms with Crippen LogP contribution in [0.2, 0.25) is 0 Å². The van der Waals surface area contributed by atoms with Gasteiger partial charge in [0.25, 0.3) is 11.8 Å². The molecule has 2 amide bonds. The Morgan fingerprint density at radius 1 is 1.21 bits per heavy atom. The van der Waals surface area contributed by atoms with E-state index in [4.69, 9.17) is 0 Å². The highest BCUT2D eigenvalue weighted by Crippen LogP contribution is 2.24. The van der Waals surface area contributed by atoms with Gasteiger partial charge in [-0.25, -0.2) is 14.8 Å². The van der Waals surface area contributed by atoms with Gasteiger partial charge < -0.3 is 5.11 Å². The van der Waals surface area contributed by atoms with E-state index in [0.29, 0.717) is 0 Å². The first kappa shape index (κ1) is 13.1. The fourth-order valence-corrected chi connectivity index (χ4v) is 2.02. The number of carboxylic acid groups (broad SMARTS) is 1. The number of aromatic nitrogens is 2. The van der Waals surface area contributed by atoms with Gasteiger partial charge in [-0.1, -0.05) is 13.8 Å². The van der Waals surface area contributed by atoms with Crippen LogP contribution in [0.4, 0.5) is 0 Å². The Bertz CT molecular complexity index is 521. The highest BCUT2D eigenvalue weighted by molar-refractivity contribution is 6.20. The largest absolute Gasteiger partial charge is 0.480 e. The summed E-state index contributed by atoms with van der Waals surface area (Å²) in [5.74, 6) is -2.56. The van der Waals surface area contributed by atoms with Crippen molar-refractivity contribution in [1.29, 1.82) is 0 Å². The quantitative estimate of drug-likeness (QED) is 0.797. The highest BCUT2D eigenvalue weighted by Gasteiger charge is 2.44. The first-order valence-electron chi connectivity index (χ1n) is 5.85. The second-order valence-corrected chi connectivity index (χ2v) is 4.72. The number of nitrogens with zero attached hydrogens (tertiary/aromatic N) is 3. The van der Waals surface area contributed by atoms with Crippen LogP contribution in [0.15, 0.2) is 12.4 Å². The van der Waals surface area contributed by atoms with Crippen LogP contribution in [-0.4, -0.2) is 43.8 Å². The van der Waals surface area contributed by atoms with Gasteiger partial charge in [0.05, 0.1) is 0 Å². The normalized spacial score (nSPS) is 15.8. The van der Waals surface area contributed by atoms with Crippen LogP contribution in [-0.2, 0) is 4.79 Å². The molecule has 19 heavy (non-hydrogen) atoms. The molecule has 0 radical (unpaired) electrons. The molecule has 0 bridgehead atoms. The molecule has 0 aromatic carbocycles. The van der Waals surface area contributed by atoms with Crippen molar-refractivity contribution in [2.75, 3.05) is 0 Å². The van der Waals surface area contributed by atoms with E-state index in [2.05, 4.69) is 9.97 Å². The summed E-state index contributed by atoms with van der Waals surface area (Å²) in [5, 5.41) is 9.21. The van der Waals surface area contributed by atoms with Crippen molar-refractivity contribution in [1.82, 2.24) is 14.9 Å². The lowest BCUT2D eigenvalue weighted by atomic mass is 10.0. The third-order valence-electron chi connectivity index (χ3n) is 2.83. The lowest BCUT2D eigenvalue weighted by Gasteiger charge is -2.23. The zero-order valence-corrected chi connectivity index (χ0v) is 10.5. The minimum atomic E-state index is -1.21. The van der Waals surface area contributed by atoms with Gasteiger partial charge in [0, 0.05) is 12.4 Å². The minimum Gasteiger partial charge on any atom is -0.480 e. The maximum absolute atomic E-state index is 12.1. The second-order valence-electron chi connectivity index (χ2n) is 4.72. The van der Waals surface area contributed by atoms with Crippen molar-refractivity contribution in [2.45, 2.75) is 26.3 Å². The number of carbonyl (C=O) groups is 3. The third-order valence-corrected chi connectivity index (χ3v) is 2.83. The number of carbonyl (C=O) groups excluding carboxylic acids is 2. The molecule has 1 atom stereocenters. The molecule has 0 aliphatic carbocycles. The van der Waals surface area contributed by atoms with Gasteiger partial charge in [0.15, 0.2) is 11.4 Å². The number of carboxylic acids is 1. The molecule has 0 saturated carbocycles. The Balaban J connectivity index is 2.39. The number of rotatable bonds is 4. The van der Waals surface area contributed by atoms with Crippen molar-refractivity contribution < 1.29 is 19.5 Å². The molecule has 0 unspecified atom stereocenters. The average molecular weight is 263 g/mol. The Morgan fingerprint density at radius 2 is 1.68 bits per heavy atom. The number of imide groups is 1. The smallest absolute Gasteiger partial charge is 0.326 e. The summed E-state index contributed by atoms with van der Waals surface area (Å²) in [6, 6.07) is -1.18. The van der Waals surface area contributed by atoms with Crippen LogP contribution >= 0.6 is 0 Å². The van der Waals surface area contributed by atoms with Crippen LogP contribution < -0.4 is 0 Å². The van der Waals surface area contributed by atoms with E-state index in [9.17, 15) is 19.5 Å². The summed E-state index contributed by atoms with van der Waals surface area (Å²) in [4.78, 5) is 43.8. The summed E-state index contributed by atoms with van der Waals surface area (Å²) < 4.78 is 0. The van der Waals surface area contributed by atoms with E-state index >= 15 is 0 Å². The summed E-state index contributed by atoms with van der Waals surface area (Å²) >= 11 is 0. The molecule has 2 heterocycles. The van der Waals surface area contributed by atoms with Gasteiger partial charge in [0.1, 0.15) is 6.04 Å². The van der Waals surface area contributed by atoms with Crippen molar-refractivity contribution >= 4 is 17.8 Å². The molecule has 100 valence electrons. The van der Waals surface area contributed by atoms with Crippen LogP contribution in [0.1, 0.15) is 41.2 Å². The lowest BCUT2D eigenvalue weighted by Crippen LogP contribution is -2.45. The molecule has 0 saturated heterocycles. The minimum absolute atomic E-state index is 0.0336. The van der Waals surface area contributed by atoms with Crippen LogP contribution in [0, 0.1) is 5.92 Å². The fourth-order valence-electron chi connectivity index (χ4n) is 2.02. The molecule has 0 spiro atoms. The molecule has 1 aromatic rings. The SMILES string of the molecule is CC(C)C[C@@H](C(=O)O)N1C(=O)c2nccnc2C1=O. The molecule has 0 fully saturated rings. The molecule has 2 rings (SSSR count). The van der Waals surface area contributed by atoms with Crippen LogP contribution in [0.3, 0.4) is 0 Å². The molecular formula is C12H13N3O4. The number of hydrogen-bond donors (Lipinski definition) is 1. The number of aliphatic carboxylic acids is 1. The van der Waals surface area contributed by atoms with Gasteiger partial charge >= 0.3 is 5.97 Å². The third kappa shape index (κ3) is 2.18. The molecule has 1 aromatic heterocycles. The standard InChI is InChI=1S/C12H13N3O4/c1-6(2)5-7(12(18)19)15-10(16)8-9(11(15)17)14-4-3-13-8/h3-4,6-7H,5H2,1-2H3,(H,18,19)/t7-/m0/s1. The predicted molar refractivity (Wildman–Crippen MR) is 63.4 cm³/mol. The first-order valence-corrected chi connectivity index (χ1v) is 5.85. The van der Waals surface area contributed by atoms with Crippen molar-refractivity contribution in [3.63, 3.8) is 0 Å². The maximum atomic E-state index is 12.1. The zero-order chi connectivity index (χ0) is 14.2. The lowest BCUT2D eigenvalue weighted by molar-refractivity contribution is -0.142. The first-order chi connectivity index (χ1) is 8.93. The van der Waals surface area contributed by atoms with Crippen molar-refractivity contribution in [3.8, 4) is 0 Å². The topological polar surface area (TPSA) is 100 Å². The Kier molecular flexibility index (Phi) is 3.28. The molecule has 1 aliphatic heterocycles. The Labute approximate surface area is 109 Å². The van der Waals surface area contributed by atoms with E-state index in [1.54, 1.807) is 0 Å². The van der Waals surface area contributed by atoms with Gasteiger partial charge in [-0.2, -0.15) is 0 Å². The second kappa shape index (κ2) is 4.75. The molecule has 1 aliphatic rings. The summed E-state index contributed by atoms with van der Waals surface area (Å²) in [7, 11) is 0. The number of fused-ring (bicyclic) bond motifs is 1. The molecule has 7 nitrogen and oxygen atoms in total. The van der Waals surface area contributed by atoms with E-state index in [1.807, 2.05) is 13.8 Å². The summed E-state index contributed by atoms with van der Waals surface area (Å²) in [6.07, 6.45) is 2.79. The highest BCUT2D eigenvalue weighted by atomic mass is 16.4. The molecule has 7 heteroatoms. The van der Waals surface area contributed by atoms with Gasteiger partial charge in [-0.15, -0.1) is 0 Å². The molecule has 1 N–H and O–H groups in total. The van der Waals surface area contributed by atoms with Gasteiger partial charge in [0.2, 0.25) is 0 Å². The number of amides is 2.